The lowest BCUT2D eigenvalue weighted by atomic mass is 9.45. The van der Waals surface area contributed by atoms with Gasteiger partial charge in [-0.2, -0.15) is 0 Å². The lowest BCUT2D eigenvalue weighted by Gasteiger charge is -2.63. The molecule has 214 valence electrons. The molecule has 4 aliphatic rings. The molecule has 0 spiro atoms. The minimum absolute atomic E-state index is 0.0369. The van der Waals surface area contributed by atoms with Gasteiger partial charge in [0.15, 0.2) is 0 Å². The van der Waals surface area contributed by atoms with Gasteiger partial charge < -0.3 is 24.7 Å². The zero-order valence-corrected chi connectivity index (χ0v) is 24.5. The number of carbonyl (C=O) groups is 2. The topological polar surface area (TPSA) is 98.8 Å². The molecule has 40 heavy (non-hydrogen) atoms. The number of aromatic nitrogens is 1. The van der Waals surface area contributed by atoms with Crippen molar-refractivity contribution in [3.8, 4) is 5.75 Å². The number of amides is 2. The first-order chi connectivity index (χ1) is 19.0. The summed E-state index contributed by atoms with van der Waals surface area (Å²) in [6, 6.07) is 10.3. The number of ether oxygens (including phenoxy) is 1. The van der Waals surface area contributed by atoms with Gasteiger partial charge in [0.1, 0.15) is 5.75 Å². The van der Waals surface area contributed by atoms with E-state index in [4.69, 9.17) is 14.0 Å². The SMILES string of the molecule is COc1ccc(C(CC(=O)N[C@@H](CC(C)C)B2O[C@H]3C4CC(C[C@]3(C)O2)C4(C)C)NC(=O)c2cccnc2)cc1. The predicted molar refractivity (Wildman–Crippen MR) is 154 cm³/mol. The van der Waals surface area contributed by atoms with Crippen LogP contribution in [0.4, 0.5) is 0 Å². The van der Waals surface area contributed by atoms with Crippen molar-refractivity contribution >= 4 is 18.9 Å². The maximum Gasteiger partial charge on any atom is 0.481 e. The van der Waals surface area contributed by atoms with Crippen LogP contribution in [0.15, 0.2) is 48.8 Å². The molecule has 1 aliphatic heterocycles. The fraction of sp³-hybridized carbons (Fsp3) is 0.581. The second-order valence-corrected chi connectivity index (χ2v) is 13.0. The molecule has 1 aromatic carbocycles. The van der Waals surface area contributed by atoms with Crippen molar-refractivity contribution in [1.29, 1.82) is 0 Å². The molecule has 6 rings (SSSR count). The maximum atomic E-state index is 13.6. The van der Waals surface area contributed by atoms with Crippen molar-refractivity contribution in [3.63, 3.8) is 0 Å². The summed E-state index contributed by atoms with van der Waals surface area (Å²) >= 11 is 0. The highest BCUT2D eigenvalue weighted by molar-refractivity contribution is 6.47. The first kappa shape index (κ1) is 28.6. The molecule has 8 nitrogen and oxygen atoms in total. The summed E-state index contributed by atoms with van der Waals surface area (Å²) in [5.74, 6) is 1.40. The van der Waals surface area contributed by atoms with Gasteiger partial charge in [-0.1, -0.05) is 39.8 Å². The third kappa shape index (κ3) is 5.63. The van der Waals surface area contributed by atoms with Gasteiger partial charge >= 0.3 is 7.12 Å². The molecule has 3 saturated carbocycles. The van der Waals surface area contributed by atoms with Crippen LogP contribution in [0.5, 0.6) is 5.75 Å². The first-order valence-corrected chi connectivity index (χ1v) is 14.5. The monoisotopic (exact) mass is 547 g/mol. The number of benzene rings is 1. The second kappa shape index (κ2) is 11.2. The molecule has 1 saturated heterocycles. The second-order valence-electron chi connectivity index (χ2n) is 13.0. The molecule has 2 bridgehead atoms. The molecule has 2 N–H and O–H groups in total. The van der Waals surface area contributed by atoms with Gasteiger partial charge in [0.25, 0.3) is 5.91 Å². The Hall–Kier alpha value is -2.91. The highest BCUT2D eigenvalue weighted by Crippen LogP contribution is 2.64. The Morgan fingerprint density at radius 3 is 2.52 bits per heavy atom. The van der Waals surface area contributed by atoms with Crippen LogP contribution in [0.25, 0.3) is 0 Å². The van der Waals surface area contributed by atoms with E-state index in [0.717, 1.165) is 18.4 Å². The van der Waals surface area contributed by atoms with E-state index in [2.05, 4.69) is 50.2 Å². The van der Waals surface area contributed by atoms with Crippen molar-refractivity contribution in [2.75, 3.05) is 7.11 Å². The highest BCUT2D eigenvalue weighted by Gasteiger charge is 2.67. The normalized spacial score (nSPS) is 27.8. The van der Waals surface area contributed by atoms with Crippen LogP contribution in [0.1, 0.15) is 82.3 Å². The molecule has 0 radical (unpaired) electrons. The molecule has 1 aromatic heterocycles. The quantitative estimate of drug-likeness (QED) is 0.417. The summed E-state index contributed by atoms with van der Waals surface area (Å²) in [6.45, 7) is 11.1. The van der Waals surface area contributed by atoms with Crippen LogP contribution in [-0.4, -0.2) is 48.7 Å². The summed E-state index contributed by atoms with van der Waals surface area (Å²) in [6.07, 6.45) is 6.14. The number of hydrogen-bond donors (Lipinski definition) is 2. The third-order valence-electron chi connectivity index (χ3n) is 9.37. The van der Waals surface area contributed by atoms with Gasteiger partial charge in [0, 0.05) is 12.4 Å². The maximum absolute atomic E-state index is 13.6. The number of rotatable bonds is 10. The molecule has 3 aliphatic carbocycles. The lowest BCUT2D eigenvalue weighted by molar-refractivity contribution is -0.185. The number of methoxy groups -OCH3 is 1. The van der Waals surface area contributed by atoms with Crippen molar-refractivity contribution < 1.29 is 23.6 Å². The Morgan fingerprint density at radius 2 is 1.90 bits per heavy atom. The fourth-order valence-electron chi connectivity index (χ4n) is 6.94. The van der Waals surface area contributed by atoms with Crippen LogP contribution in [0.2, 0.25) is 0 Å². The number of carbonyl (C=O) groups excluding carboxylic acids is 2. The van der Waals surface area contributed by atoms with Crippen LogP contribution in [-0.2, 0) is 14.1 Å². The van der Waals surface area contributed by atoms with E-state index in [-0.39, 0.29) is 41.3 Å². The van der Waals surface area contributed by atoms with E-state index in [0.29, 0.717) is 29.1 Å². The fourth-order valence-corrected chi connectivity index (χ4v) is 6.94. The minimum atomic E-state index is -0.545. The molecular weight excluding hydrogens is 505 g/mol. The summed E-state index contributed by atoms with van der Waals surface area (Å²) in [5, 5.41) is 6.25. The summed E-state index contributed by atoms with van der Waals surface area (Å²) < 4.78 is 18.5. The highest BCUT2D eigenvalue weighted by atomic mass is 16.7. The zero-order valence-electron chi connectivity index (χ0n) is 24.5. The average Bonchev–Trinajstić information content (AvgIpc) is 3.30. The number of nitrogens with zero attached hydrogens (tertiary/aromatic N) is 1. The van der Waals surface area contributed by atoms with E-state index in [1.165, 1.54) is 12.6 Å². The molecule has 2 amide bonds. The van der Waals surface area contributed by atoms with Crippen molar-refractivity contribution in [3.05, 3.63) is 59.9 Å². The molecule has 2 heterocycles. The number of pyridine rings is 1. The van der Waals surface area contributed by atoms with Crippen LogP contribution in [0.3, 0.4) is 0 Å². The predicted octanol–water partition coefficient (Wildman–Crippen LogP) is 4.75. The molecule has 6 atom stereocenters. The van der Waals surface area contributed by atoms with Crippen LogP contribution >= 0.6 is 0 Å². The number of hydrogen-bond acceptors (Lipinski definition) is 6. The summed E-state index contributed by atoms with van der Waals surface area (Å²) in [4.78, 5) is 30.7. The molecule has 9 heteroatoms. The Bertz CT molecular complexity index is 1210. The van der Waals surface area contributed by atoms with E-state index >= 15 is 0 Å². The van der Waals surface area contributed by atoms with Crippen LogP contribution < -0.4 is 15.4 Å². The Balaban J connectivity index is 1.31. The van der Waals surface area contributed by atoms with Crippen molar-refractivity contribution in [2.24, 2.45) is 23.2 Å². The van der Waals surface area contributed by atoms with Gasteiger partial charge in [-0.25, -0.2) is 0 Å². The lowest BCUT2D eigenvalue weighted by Crippen LogP contribution is -2.63. The first-order valence-electron chi connectivity index (χ1n) is 14.5. The average molecular weight is 548 g/mol. The van der Waals surface area contributed by atoms with Gasteiger partial charge in [-0.05, 0) is 79.2 Å². The summed E-state index contributed by atoms with van der Waals surface area (Å²) in [5.41, 5.74) is 1.18. The Labute approximate surface area is 238 Å². The Kier molecular flexibility index (Phi) is 7.99. The van der Waals surface area contributed by atoms with E-state index in [1.807, 2.05) is 24.3 Å². The standard InChI is InChI=1S/C31H42BN3O5/c1-19(2)14-26(32-39-28-24-15-22(30(24,3)4)17-31(28,5)40-32)35-27(36)16-25(20-9-11-23(38-6)12-10-20)34-29(37)21-8-7-13-33-18-21/h7-13,18-19,22,24-26,28H,14-17H2,1-6H3,(H,34,37)(H,35,36)/t22?,24?,25?,26-,28-,31-/m0/s1. The Morgan fingerprint density at radius 1 is 1.15 bits per heavy atom. The zero-order chi connectivity index (χ0) is 28.7. The molecule has 4 fully saturated rings. The van der Waals surface area contributed by atoms with E-state index < -0.39 is 13.2 Å². The molecule has 3 unspecified atom stereocenters. The van der Waals surface area contributed by atoms with Crippen LogP contribution in [0, 0.1) is 23.2 Å². The van der Waals surface area contributed by atoms with E-state index in [9.17, 15) is 9.59 Å². The van der Waals surface area contributed by atoms with Gasteiger partial charge in [-0.15, -0.1) is 0 Å². The van der Waals surface area contributed by atoms with Crippen molar-refractivity contribution in [2.45, 2.75) is 84.0 Å². The molecule has 2 aromatic rings. The summed E-state index contributed by atoms with van der Waals surface area (Å²) in [7, 11) is 1.11. The van der Waals surface area contributed by atoms with E-state index in [1.54, 1.807) is 25.4 Å². The van der Waals surface area contributed by atoms with Gasteiger partial charge in [-0.3, -0.25) is 14.6 Å². The largest absolute Gasteiger partial charge is 0.497 e. The van der Waals surface area contributed by atoms with Gasteiger partial charge in [0.2, 0.25) is 5.91 Å². The third-order valence-corrected chi connectivity index (χ3v) is 9.37. The molecular formula is C31H42BN3O5. The van der Waals surface area contributed by atoms with Gasteiger partial charge in [0.05, 0.1) is 42.8 Å². The minimum Gasteiger partial charge on any atom is -0.497 e. The van der Waals surface area contributed by atoms with Crippen molar-refractivity contribution in [1.82, 2.24) is 15.6 Å². The number of nitrogens with one attached hydrogen (secondary N) is 2. The smallest absolute Gasteiger partial charge is 0.481 e.